The minimum absolute atomic E-state index is 0.143. The number of alkyl carbamates (subject to hydrolysis) is 1. The highest BCUT2D eigenvalue weighted by molar-refractivity contribution is 6.00. The number of carbonyl (C=O) groups is 4. The number of nitrogens with zero attached hydrogens (tertiary/aromatic N) is 1. The molecule has 0 spiro atoms. The van der Waals surface area contributed by atoms with E-state index in [2.05, 4.69) is 10.6 Å². The molecule has 3 unspecified atom stereocenters. The molecule has 5 N–H and O–H groups in total. The highest BCUT2D eigenvalue weighted by Gasteiger charge is 2.40. The van der Waals surface area contributed by atoms with Crippen molar-refractivity contribution in [3.8, 4) is 5.75 Å². The van der Waals surface area contributed by atoms with E-state index < -0.39 is 54.0 Å². The Hall–Kier alpha value is -4.08. The zero-order chi connectivity index (χ0) is 29.5. The Kier molecular flexibility index (Phi) is 10.5. The molecule has 2 aromatic rings. The molecule has 3 atom stereocenters. The fourth-order valence-electron chi connectivity index (χ4n) is 4.06. The number of para-hydroxylation sites is 2. The summed E-state index contributed by atoms with van der Waals surface area (Å²) in [5.74, 6) is -2.27. The summed E-state index contributed by atoms with van der Waals surface area (Å²) in [6.45, 7) is 12.1. The van der Waals surface area contributed by atoms with Crippen LogP contribution in [0.15, 0.2) is 42.5 Å². The van der Waals surface area contributed by atoms with Gasteiger partial charge in [0, 0.05) is 17.3 Å². The second-order valence-electron chi connectivity index (χ2n) is 10.6. The van der Waals surface area contributed by atoms with Gasteiger partial charge < -0.3 is 31.1 Å². The van der Waals surface area contributed by atoms with Crippen molar-refractivity contribution in [2.45, 2.75) is 85.0 Å². The number of phenols is 1. The van der Waals surface area contributed by atoms with E-state index in [1.54, 1.807) is 65.0 Å². The molecule has 2 rings (SSSR count). The Morgan fingerprint density at radius 2 is 1.64 bits per heavy atom. The first-order chi connectivity index (χ1) is 18.2. The predicted molar refractivity (Wildman–Crippen MR) is 149 cm³/mol. The number of anilines is 1. The second kappa shape index (κ2) is 13.1. The molecule has 0 fully saturated rings. The number of nitrogens with one attached hydrogen (secondary N) is 2. The van der Waals surface area contributed by atoms with E-state index in [0.717, 1.165) is 5.56 Å². The lowest BCUT2D eigenvalue weighted by atomic mass is 9.96. The molecule has 0 heterocycles. The molecule has 4 amide bonds. The molecule has 0 aliphatic heterocycles. The fraction of sp³-hybridized carbons (Fsp3) is 0.448. The number of phenolic OH excluding ortho intramolecular Hbond substituents is 1. The fourth-order valence-corrected chi connectivity index (χ4v) is 4.06. The van der Waals surface area contributed by atoms with Gasteiger partial charge in [0.05, 0.1) is 6.42 Å². The molecule has 0 saturated carbocycles. The first kappa shape index (κ1) is 31.1. The highest BCUT2D eigenvalue weighted by atomic mass is 16.6. The monoisotopic (exact) mass is 540 g/mol. The molecule has 212 valence electrons. The number of rotatable bonds is 10. The minimum atomic E-state index is -1.41. The van der Waals surface area contributed by atoms with Gasteiger partial charge in [-0.1, -0.05) is 43.3 Å². The van der Waals surface area contributed by atoms with Crippen molar-refractivity contribution in [1.82, 2.24) is 10.2 Å². The molecule has 0 saturated heterocycles. The quantitative estimate of drug-likeness (QED) is 0.356. The van der Waals surface area contributed by atoms with Crippen LogP contribution in [0, 0.1) is 13.8 Å². The summed E-state index contributed by atoms with van der Waals surface area (Å²) in [5, 5.41) is 16.3. The lowest BCUT2D eigenvalue weighted by Gasteiger charge is -2.38. The number of amides is 4. The maximum atomic E-state index is 14.1. The van der Waals surface area contributed by atoms with E-state index in [1.165, 1.54) is 4.90 Å². The van der Waals surface area contributed by atoms with Crippen molar-refractivity contribution in [1.29, 1.82) is 0 Å². The summed E-state index contributed by atoms with van der Waals surface area (Å²) in [4.78, 5) is 53.8. The van der Waals surface area contributed by atoms with Crippen molar-refractivity contribution in [3.63, 3.8) is 0 Å². The van der Waals surface area contributed by atoms with Gasteiger partial charge in [-0.2, -0.15) is 0 Å². The first-order valence-corrected chi connectivity index (χ1v) is 12.9. The third-order valence-electron chi connectivity index (χ3n) is 6.21. The molecule has 39 heavy (non-hydrogen) atoms. The van der Waals surface area contributed by atoms with E-state index in [9.17, 15) is 24.3 Å². The van der Waals surface area contributed by atoms with Crippen molar-refractivity contribution >= 4 is 29.5 Å². The Bertz CT molecular complexity index is 1210. The van der Waals surface area contributed by atoms with Crippen LogP contribution >= 0.6 is 0 Å². The average molecular weight is 541 g/mol. The van der Waals surface area contributed by atoms with Gasteiger partial charge in [-0.25, -0.2) is 4.79 Å². The molecule has 10 nitrogen and oxygen atoms in total. The van der Waals surface area contributed by atoms with Gasteiger partial charge >= 0.3 is 6.09 Å². The van der Waals surface area contributed by atoms with E-state index in [1.807, 2.05) is 26.0 Å². The Morgan fingerprint density at radius 1 is 1.03 bits per heavy atom. The van der Waals surface area contributed by atoms with E-state index >= 15 is 0 Å². The van der Waals surface area contributed by atoms with Gasteiger partial charge in [0.1, 0.15) is 23.4 Å². The Labute approximate surface area is 229 Å². The number of nitrogens with two attached hydrogens (primary N) is 1. The third-order valence-corrected chi connectivity index (χ3v) is 6.21. The van der Waals surface area contributed by atoms with Crippen molar-refractivity contribution in [2.24, 2.45) is 5.73 Å². The van der Waals surface area contributed by atoms with Crippen molar-refractivity contribution < 1.29 is 29.0 Å². The summed E-state index contributed by atoms with van der Waals surface area (Å²) in [7, 11) is 0. The SMILES string of the molecule is CCC(C)N(C(=O)C(CC(N)=O)NC(=O)OC(C)(C)C)C(C(=O)Nc1ccccc1C)c1cccc(C)c1O. The molecule has 0 aliphatic rings. The molecule has 0 radical (unpaired) electrons. The molecular weight excluding hydrogens is 500 g/mol. The van der Waals surface area contributed by atoms with Gasteiger partial charge in [0.2, 0.25) is 11.8 Å². The van der Waals surface area contributed by atoms with Gasteiger partial charge in [0.25, 0.3) is 5.91 Å². The number of primary amides is 1. The van der Waals surface area contributed by atoms with Crippen LogP contribution < -0.4 is 16.4 Å². The molecule has 0 bridgehead atoms. The standard InChI is InChI=1S/C29H40N4O6/c1-8-19(4)33(27(37)22(16-23(30)34)32-28(38)39-29(5,6)7)24(20-14-11-13-18(3)25(20)35)26(36)31-21-15-10-9-12-17(21)2/h9-15,19,22,24,35H,8,16H2,1-7H3,(H2,30,34)(H,31,36)(H,32,38). The second-order valence-corrected chi connectivity index (χ2v) is 10.6. The van der Waals surface area contributed by atoms with E-state index in [4.69, 9.17) is 10.5 Å². The Balaban J connectivity index is 2.65. The van der Waals surface area contributed by atoms with Crippen LogP contribution in [-0.2, 0) is 19.1 Å². The maximum Gasteiger partial charge on any atom is 0.408 e. The Morgan fingerprint density at radius 3 is 2.21 bits per heavy atom. The van der Waals surface area contributed by atoms with Crippen LogP contribution in [0.25, 0.3) is 0 Å². The smallest absolute Gasteiger partial charge is 0.408 e. The average Bonchev–Trinajstić information content (AvgIpc) is 2.83. The van der Waals surface area contributed by atoms with Crippen LogP contribution in [0.5, 0.6) is 5.75 Å². The number of aryl methyl sites for hydroxylation is 2. The number of hydrogen-bond acceptors (Lipinski definition) is 6. The molecule has 10 heteroatoms. The summed E-state index contributed by atoms with van der Waals surface area (Å²) in [6.07, 6.45) is -0.996. The van der Waals surface area contributed by atoms with E-state index in [-0.39, 0.29) is 11.3 Å². The van der Waals surface area contributed by atoms with Crippen molar-refractivity contribution in [2.75, 3.05) is 5.32 Å². The van der Waals surface area contributed by atoms with Gasteiger partial charge in [-0.15, -0.1) is 0 Å². The summed E-state index contributed by atoms with van der Waals surface area (Å²) in [5.41, 5.74) is 6.63. The number of aromatic hydroxyl groups is 1. The molecule has 2 aromatic carbocycles. The third kappa shape index (κ3) is 8.46. The summed E-state index contributed by atoms with van der Waals surface area (Å²) >= 11 is 0. The largest absolute Gasteiger partial charge is 0.507 e. The summed E-state index contributed by atoms with van der Waals surface area (Å²) in [6, 6.07) is 8.85. The summed E-state index contributed by atoms with van der Waals surface area (Å²) < 4.78 is 5.29. The minimum Gasteiger partial charge on any atom is -0.507 e. The number of carbonyl (C=O) groups excluding carboxylic acids is 4. The number of hydrogen-bond donors (Lipinski definition) is 4. The molecular formula is C29H40N4O6. The zero-order valence-corrected chi connectivity index (χ0v) is 23.7. The zero-order valence-electron chi connectivity index (χ0n) is 23.7. The lowest BCUT2D eigenvalue weighted by molar-refractivity contribution is -0.144. The van der Waals surface area contributed by atoms with Crippen LogP contribution in [-0.4, -0.2) is 51.5 Å². The highest BCUT2D eigenvalue weighted by Crippen LogP contribution is 2.35. The van der Waals surface area contributed by atoms with Crippen LogP contribution in [0.4, 0.5) is 10.5 Å². The van der Waals surface area contributed by atoms with Crippen LogP contribution in [0.3, 0.4) is 0 Å². The van der Waals surface area contributed by atoms with Gasteiger partial charge in [-0.05, 0) is 65.2 Å². The first-order valence-electron chi connectivity index (χ1n) is 12.9. The maximum absolute atomic E-state index is 14.1. The number of benzene rings is 2. The normalized spacial score (nSPS) is 13.5. The van der Waals surface area contributed by atoms with Crippen LogP contribution in [0.1, 0.15) is 70.2 Å². The topological polar surface area (TPSA) is 151 Å². The number of ether oxygens (including phenoxy) is 1. The van der Waals surface area contributed by atoms with Crippen molar-refractivity contribution in [3.05, 3.63) is 59.2 Å². The van der Waals surface area contributed by atoms with Gasteiger partial charge in [-0.3, -0.25) is 14.4 Å². The van der Waals surface area contributed by atoms with Gasteiger partial charge in [0.15, 0.2) is 0 Å². The van der Waals surface area contributed by atoms with E-state index in [0.29, 0.717) is 17.7 Å². The lowest BCUT2D eigenvalue weighted by Crippen LogP contribution is -2.55. The molecule has 0 aliphatic carbocycles. The molecule has 0 aromatic heterocycles. The predicted octanol–water partition coefficient (Wildman–Crippen LogP) is 4.08. The van der Waals surface area contributed by atoms with Crippen LogP contribution in [0.2, 0.25) is 0 Å².